The topological polar surface area (TPSA) is 38.9 Å². The highest BCUT2D eigenvalue weighted by molar-refractivity contribution is 5.40. The van der Waals surface area contributed by atoms with Gasteiger partial charge in [0, 0.05) is 5.41 Å². The lowest BCUT2D eigenvalue weighted by Crippen LogP contribution is -2.22. The first-order valence-corrected chi connectivity index (χ1v) is 4.57. The maximum Gasteiger partial charge on any atom is 0.418 e. The van der Waals surface area contributed by atoms with E-state index in [0.717, 1.165) is 0 Å². The Hall–Kier alpha value is -1.33. The van der Waals surface area contributed by atoms with Crippen molar-refractivity contribution in [1.29, 1.82) is 0 Å². The van der Waals surface area contributed by atoms with Gasteiger partial charge in [-0.3, -0.25) is 0 Å². The van der Waals surface area contributed by atoms with Crippen LogP contribution in [-0.4, -0.2) is 4.98 Å². The fourth-order valence-electron chi connectivity index (χ4n) is 1.29. The molecule has 0 aliphatic heterocycles. The first-order valence-electron chi connectivity index (χ1n) is 4.57. The number of anilines is 1. The molecule has 0 saturated heterocycles. The van der Waals surface area contributed by atoms with E-state index in [0.29, 0.717) is 6.07 Å². The van der Waals surface area contributed by atoms with E-state index in [-0.39, 0.29) is 5.69 Å². The highest BCUT2D eigenvalue weighted by Crippen LogP contribution is 2.37. The molecule has 0 aliphatic carbocycles. The number of nitrogen functional groups attached to an aromatic ring is 1. The second-order valence-corrected chi connectivity index (χ2v) is 4.50. The summed E-state index contributed by atoms with van der Waals surface area (Å²) in [6.45, 7) is 4.67. The largest absolute Gasteiger partial charge is 0.418 e. The molecular formula is C10H12F4N2. The second-order valence-electron chi connectivity index (χ2n) is 4.50. The molecule has 0 spiro atoms. The van der Waals surface area contributed by atoms with E-state index in [2.05, 4.69) is 4.98 Å². The summed E-state index contributed by atoms with van der Waals surface area (Å²) in [4.78, 5) is 3.49. The number of halogens is 4. The molecule has 0 radical (unpaired) electrons. The summed E-state index contributed by atoms with van der Waals surface area (Å²) < 4.78 is 50.9. The SMILES string of the molecule is CC(C)(C)c1nc(N)c(F)cc1C(F)(F)F. The van der Waals surface area contributed by atoms with Gasteiger partial charge in [0.15, 0.2) is 11.6 Å². The van der Waals surface area contributed by atoms with Crippen molar-refractivity contribution in [2.45, 2.75) is 32.4 Å². The standard InChI is InChI=1S/C10H12F4N2/c1-9(2,3)7-5(10(12,13)14)4-6(11)8(15)16-7/h4H,1-3H3,(H2,15,16). The van der Waals surface area contributed by atoms with Crippen molar-refractivity contribution in [1.82, 2.24) is 4.98 Å². The van der Waals surface area contributed by atoms with E-state index >= 15 is 0 Å². The van der Waals surface area contributed by atoms with Crippen LogP contribution in [0.15, 0.2) is 6.07 Å². The van der Waals surface area contributed by atoms with Gasteiger partial charge in [-0.15, -0.1) is 0 Å². The summed E-state index contributed by atoms with van der Waals surface area (Å²) in [5.41, 5.74) is 2.99. The maximum absolute atomic E-state index is 13.0. The van der Waals surface area contributed by atoms with Crippen molar-refractivity contribution < 1.29 is 17.6 Å². The van der Waals surface area contributed by atoms with Crippen LogP contribution in [0.3, 0.4) is 0 Å². The third-order valence-electron chi connectivity index (χ3n) is 2.02. The average Bonchev–Trinajstić information content (AvgIpc) is 2.05. The highest BCUT2D eigenvalue weighted by Gasteiger charge is 2.38. The summed E-state index contributed by atoms with van der Waals surface area (Å²) in [6.07, 6.45) is -4.63. The monoisotopic (exact) mass is 236 g/mol. The zero-order chi connectivity index (χ0) is 12.7. The molecule has 6 heteroatoms. The van der Waals surface area contributed by atoms with Gasteiger partial charge in [0.1, 0.15) is 0 Å². The summed E-state index contributed by atoms with van der Waals surface area (Å²) >= 11 is 0. The van der Waals surface area contributed by atoms with Crippen LogP contribution in [0.5, 0.6) is 0 Å². The van der Waals surface area contributed by atoms with Gasteiger partial charge in [-0.05, 0) is 6.07 Å². The summed E-state index contributed by atoms with van der Waals surface area (Å²) in [7, 11) is 0. The van der Waals surface area contributed by atoms with Gasteiger partial charge >= 0.3 is 6.18 Å². The van der Waals surface area contributed by atoms with E-state index in [4.69, 9.17) is 5.73 Å². The molecule has 0 saturated carbocycles. The van der Waals surface area contributed by atoms with Crippen LogP contribution in [0, 0.1) is 5.82 Å². The Balaban J connectivity index is 3.53. The lowest BCUT2D eigenvalue weighted by atomic mass is 9.88. The van der Waals surface area contributed by atoms with Crippen LogP contribution in [-0.2, 0) is 11.6 Å². The normalized spacial score (nSPS) is 12.9. The molecule has 16 heavy (non-hydrogen) atoms. The first kappa shape index (κ1) is 12.7. The van der Waals surface area contributed by atoms with Crippen molar-refractivity contribution in [3.05, 3.63) is 23.1 Å². The number of hydrogen-bond acceptors (Lipinski definition) is 2. The van der Waals surface area contributed by atoms with Crippen molar-refractivity contribution in [3.63, 3.8) is 0 Å². The molecule has 1 rings (SSSR count). The molecule has 1 aromatic heterocycles. The second kappa shape index (κ2) is 3.61. The summed E-state index contributed by atoms with van der Waals surface area (Å²) in [5.74, 6) is -1.67. The fourth-order valence-corrected chi connectivity index (χ4v) is 1.29. The number of pyridine rings is 1. The lowest BCUT2D eigenvalue weighted by molar-refractivity contribution is -0.139. The lowest BCUT2D eigenvalue weighted by Gasteiger charge is -2.23. The predicted molar refractivity (Wildman–Crippen MR) is 52.3 cm³/mol. The molecule has 2 nitrogen and oxygen atoms in total. The van der Waals surface area contributed by atoms with Crippen molar-refractivity contribution in [3.8, 4) is 0 Å². The van der Waals surface area contributed by atoms with Crippen molar-refractivity contribution in [2.24, 2.45) is 0 Å². The van der Waals surface area contributed by atoms with Gasteiger partial charge < -0.3 is 5.73 Å². The Labute approximate surface area is 90.5 Å². The minimum absolute atomic E-state index is 0.251. The maximum atomic E-state index is 13.0. The molecule has 0 unspecified atom stereocenters. The minimum Gasteiger partial charge on any atom is -0.381 e. The van der Waals surface area contributed by atoms with E-state index in [1.165, 1.54) is 0 Å². The molecule has 1 heterocycles. The molecule has 0 atom stereocenters. The fraction of sp³-hybridized carbons (Fsp3) is 0.500. The van der Waals surface area contributed by atoms with Crippen LogP contribution in [0.4, 0.5) is 23.4 Å². The third-order valence-corrected chi connectivity index (χ3v) is 2.02. The minimum atomic E-state index is -4.63. The van der Waals surface area contributed by atoms with Gasteiger partial charge in [-0.25, -0.2) is 9.37 Å². The van der Waals surface area contributed by atoms with Gasteiger partial charge in [0.05, 0.1) is 11.3 Å². The van der Waals surface area contributed by atoms with Crippen LogP contribution in [0.1, 0.15) is 32.0 Å². The Morgan fingerprint density at radius 3 is 2.06 bits per heavy atom. The van der Waals surface area contributed by atoms with E-state index in [1.54, 1.807) is 20.8 Å². The molecule has 0 aromatic carbocycles. The average molecular weight is 236 g/mol. The van der Waals surface area contributed by atoms with E-state index < -0.39 is 28.8 Å². The smallest absolute Gasteiger partial charge is 0.381 e. The number of nitrogens with zero attached hydrogens (tertiary/aromatic N) is 1. The number of aromatic nitrogens is 1. The number of hydrogen-bond donors (Lipinski definition) is 1. The van der Waals surface area contributed by atoms with Crippen molar-refractivity contribution >= 4 is 5.82 Å². The zero-order valence-corrected chi connectivity index (χ0v) is 9.11. The van der Waals surface area contributed by atoms with Crippen LogP contribution >= 0.6 is 0 Å². The Morgan fingerprint density at radius 2 is 1.69 bits per heavy atom. The molecule has 90 valence electrons. The summed E-state index contributed by atoms with van der Waals surface area (Å²) in [6, 6.07) is 0.392. The number of nitrogens with two attached hydrogens (primary N) is 1. The Kier molecular flexibility index (Phi) is 2.87. The highest BCUT2D eigenvalue weighted by atomic mass is 19.4. The van der Waals surface area contributed by atoms with Crippen LogP contribution in [0.2, 0.25) is 0 Å². The molecule has 1 aromatic rings. The Bertz CT molecular complexity index is 366. The molecule has 2 N–H and O–H groups in total. The molecule has 0 aliphatic rings. The van der Waals surface area contributed by atoms with E-state index in [1.807, 2.05) is 0 Å². The molecular weight excluding hydrogens is 224 g/mol. The van der Waals surface area contributed by atoms with Gasteiger partial charge in [-0.1, -0.05) is 20.8 Å². The van der Waals surface area contributed by atoms with Crippen LogP contribution in [0.25, 0.3) is 0 Å². The van der Waals surface area contributed by atoms with E-state index in [9.17, 15) is 17.6 Å². The van der Waals surface area contributed by atoms with Crippen molar-refractivity contribution in [2.75, 3.05) is 5.73 Å². The van der Waals surface area contributed by atoms with Gasteiger partial charge in [0.25, 0.3) is 0 Å². The van der Waals surface area contributed by atoms with Gasteiger partial charge in [0.2, 0.25) is 0 Å². The third kappa shape index (κ3) is 2.43. The predicted octanol–water partition coefficient (Wildman–Crippen LogP) is 3.12. The Morgan fingerprint density at radius 1 is 1.19 bits per heavy atom. The van der Waals surface area contributed by atoms with Crippen LogP contribution < -0.4 is 5.73 Å². The molecule has 0 bridgehead atoms. The zero-order valence-electron chi connectivity index (χ0n) is 9.11. The quantitative estimate of drug-likeness (QED) is 0.703. The molecule has 0 amide bonds. The number of rotatable bonds is 0. The first-order chi connectivity index (χ1) is 7.03. The number of alkyl halides is 3. The van der Waals surface area contributed by atoms with Gasteiger partial charge in [-0.2, -0.15) is 13.2 Å². The summed E-state index contributed by atoms with van der Waals surface area (Å²) in [5, 5.41) is 0. The molecule has 0 fully saturated rings.